The Labute approximate surface area is 192 Å². The molecular weight excluding hydrogens is 422 g/mol. The van der Waals surface area contributed by atoms with Crippen molar-refractivity contribution in [3.8, 4) is 17.2 Å². The van der Waals surface area contributed by atoms with Gasteiger partial charge in [0.1, 0.15) is 5.75 Å². The minimum absolute atomic E-state index is 0.127. The van der Waals surface area contributed by atoms with Crippen LogP contribution in [0.3, 0.4) is 0 Å². The third-order valence-corrected chi connectivity index (χ3v) is 5.43. The first-order valence-corrected chi connectivity index (χ1v) is 10.6. The zero-order valence-corrected chi connectivity index (χ0v) is 18.9. The predicted octanol–water partition coefficient (Wildman–Crippen LogP) is 3.51. The number of nitrogens with one attached hydrogen (secondary N) is 2. The lowest BCUT2D eigenvalue weighted by Gasteiger charge is -2.16. The second-order valence-electron chi connectivity index (χ2n) is 7.55. The van der Waals surface area contributed by atoms with Crippen molar-refractivity contribution in [2.45, 2.75) is 19.5 Å². The largest absolute Gasteiger partial charge is 0.497 e. The minimum atomic E-state index is -0.127. The summed E-state index contributed by atoms with van der Waals surface area (Å²) in [6.07, 6.45) is 2.45. The number of rotatable bonds is 8. The molecular formula is C24H27N5O4. The smallest absolute Gasteiger partial charge is 0.318 e. The molecule has 3 aromatic rings. The molecule has 0 unspecified atom stereocenters. The normalized spacial score (nSPS) is 12.2. The summed E-state index contributed by atoms with van der Waals surface area (Å²) in [6.45, 7) is 1.44. The summed E-state index contributed by atoms with van der Waals surface area (Å²) < 4.78 is 15.8. The van der Waals surface area contributed by atoms with Crippen LogP contribution in [0.5, 0.6) is 17.2 Å². The fraction of sp³-hybridized carbons (Fsp3) is 0.292. The molecule has 33 heavy (non-hydrogen) atoms. The summed E-state index contributed by atoms with van der Waals surface area (Å²) in [6, 6.07) is 13.1. The van der Waals surface area contributed by atoms with Gasteiger partial charge in [0.2, 0.25) is 5.95 Å². The summed E-state index contributed by atoms with van der Waals surface area (Å²) in [7, 11) is 4.84. The number of hydrogen-bond acceptors (Lipinski definition) is 7. The van der Waals surface area contributed by atoms with Gasteiger partial charge in [-0.1, -0.05) is 6.07 Å². The topological polar surface area (TPSA) is 97.8 Å². The number of fused-ring (bicyclic) bond motifs is 1. The first-order valence-electron chi connectivity index (χ1n) is 10.6. The molecule has 0 fully saturated rings. The number of nitrogens with zero attached hydrogens (tertiary/aromatic N) is 3. The molecule has 4 rings (SSSR count). The maximum absolute atomic E-state index is 12.7. The van der Waals surface area contributed by atoms with E-state index in [1.807, 2.05) is 42.5 Å². The minimum Gasteiger partial charge on any atom is -0.497 e. The zero-order valence-electron chi connectivity index (χ0n) is 18.9. The summed E-state index contributed by atoms with van der Waals surface area (Å²) in [4.78, 5) is 23.4. The molecule has 0 spiro atoms. The molecule has 2 N–H and O–H groups in total. The van der Waals surface area contributed by atoms with Crippen LogP contribution in [0.2, 0.25) is 0 Å². The number of hydrogen-bond donors (Lipinski definition) is 2. The van der Waals surface area contributed by atoms with E-state index < -0.39 is 0 Å². The highest BCUT2D eigenvalue weighted by Crippen LogP contribution is 2.28. The third-order valence-electron chi connectivity index (χ3n) is 5.43. The Kier molecular flexibility index (Phi) is 6.77. The number of ether oxygens (including phenoxy) is 3. The molecule has 0 saturated carbocycles. The van der Waals surface area contributed by atoms with E-state index in [9.17, 15) is 4.79 Å². The van der Waals surface area contributed by atoms with Crippen LogP contribution < -0.4 is 24.8 Å². The molecule has 2 heterocycles. The molecule has 1 aliphatic rings. The van der Waals surface area contributed by atoms with E-state index in [2.05, 4.69) is 20.6 Å². The maximum Gasteiger partial charge on any atom is 0.318 e. The van der Waals surface area contributed by atoms with E-state index in [0.717, 1.165) is 28.3 Å². The Morgan fingerprint density at radius 1 is 1.00 bits per heavy atom. The molecule has 2 amide bonds. The van der Waals surface area contributed by atoms with Crippen LogP contribution in [-0.4, -0.2) is 48.8 Å². The van der Waals surface area contributed by atoms with Crippen molar-refractivity contribution in [2.24, 2.45) is 0 Å². The molecule has 9 nitrogen and oxygen atoms in total. The van der Waals surface area contributed by atoms with Gasteiger partial charge in [-0.15, -0.1) is 0 Å². The fourth-order valence-corrected chi connectivity index (χ4v) is 3.62. The van der Waals surface area contributed by atoms with Gasteiger partial charge in [0.05, 0.1) is 40.1 Å². The van der Waals surface area contributed by atoms with Crippen molar-refractivity contribution >= 4 is 17.7 Å². The summed E-state index contributed by atoms with van der Waals surface area (Å²) >= 11 is 0. The van der Waals surface area contributed by atoms with E-state index in [1.54, 1.807) is 32.4 Å². The lowest BCUT2D eigenvalue weighted by Crippen LogP contribution is -2.37. The van der Waals surface area contributed by atoms with Crippen LogP contribution in [0, 0.1) is 0 Å². The van der Waals surface area contributed by atoms with Gasteiger partial charge < -0.3 is 29.7 Å². The SMILES string of the molecule is COc1ccc(Nc2ncc3c(n2)CN(C(=O)NCCc2ccc(OC)c(OC)c2)C3)cc1. The highest BCUT2D eigenvalue weighted by Gasteiger charge is 2.25. The van der Waals surface area contributed by atoms with Crippen molar-refractivity contribution in [1.82, 2.24) is 20.2 Å². The quantitative estimate of drug-likeness (QED) is 0.543. The molecule has 0 aliphatic carbocycles. The van der Waals surface area contributed by atoms with Crippen molar-refractivity contribution < 1.29 is 19.0 Å². The van der Waals surface area contributed by atoms with Crippen molar-refractivity contribution in [3.05, 3.63) is 65.5 Å². The summed E-state index contributed by atoms with van der Waals surface area (Å²) in [5.74, 6) is 2.63. The van der Waals surface area contributed by atoms with Crippen LogP contribution in [0.4, 0.5) is 16.4 Å². The third kappa shape index (κ3) is 5.25. The zero-order chi connectivity index (χ0) is 23.2. The van der Waals surface area contributed by atoms with Crippen molar-refractivity contribution in [2.75, 3.05) is 33.2 Å². The first kappa shape index (κ1) is 22.2. The van der Waals surface area contributed by atoms with E-state index in [0.29, 0.717) is 43.5 Å². The summed E-state index contributed by atoms with van der Waals surface area (Å²) in [5.41, 5.74) is 3.71. The average molecular weight is 450 g/mol. The number of carbonyl (C=O) groups is 1. The highest BCUT2D eigenvalue weighted by atomic mass is 16.5. The average Bonchev–Trinajstić information content (AvgIpc) is 3.28. The van der Waals surface area contributed by atoms with Crippen molar-refractivity contribution in [1.29, 1.82) is 0 Å². The van der Waals surface area contributed by atoms with E-state index in [1.165, 1.54) is 0 Å². The molecule has 9 heteroatoms. The Morgan fingerprint density at radius 3 is 2.52 bits per heavy atom. The molecule has 0 radical (unpaired) electrons. The Bertz CT molecular complexity index is 1120. The van der Waals surface area contributed by atoms with Crippen LogP contribution in [0.25, 0.3) is 0 Å². The van der Waals surface area contributed by atoms with Gasteiger partial charge in [-0.3, -0.25) is 0 Å². The number of amides is 2. The van der Waals surface area contributed by atoms with Gasteiger partial charge in [0.15, 0.2) is 11.5 Å². The van der Waals surface area contributed by atoms with Gasteiger partial charge in [0.25, 0.3) is 0 Å². The molecule has 0 saturated heterocycles. The monoisotopic (exact) mass is 449 g/mol. The van der Waals surface area contributed by atoms with E-state index >= 15 is 0 Å². The maximum atomic E-state index is 12.7. The lowest BCUT2D eigenvalue weighted by molar-refractivity contribution is 0.198. The number of carbonyl (C=O) groups excluding carboxylic acids is 1. The van der Waals surface area contributed by atoms with Gasteiger partial charge in [-0.25, -0.2) is 14.8 Å². The molecule has 172 valence electrons. The van der Waals surface area contributed by atoms with Crippen molar-refractivity contribution in [3.63, 3.8) is 0 Å². The molecule has 1 aliphatic heterocycles. The highest BCUT2D eigenvalue weighted by molar-refractivity contribution is 5.75. The second-order valence-corrected chi connectivity index (χ2v) is 7.55. The van der Waals surface area contributed by atoms with Crippen LogP contribution in [0.1, 0.15) is 16.8 Å². The Morgan fingerprint density at radius 2 is 1.79 bits per heavy atom. The standard InChI is InChI=1S/C24H27N5O4/c1-31-19-7-5-18(6-8-19)27-23-26-13-17-14-29(15-20(17)28-23)24(30)25-11-10-16-4-9-21(32-2)22(12-16)33-3/h4-9,12-13H,10-11,14-15H2,1-3H3,(H,25,30)(H,26,27,28). The Hall–Kier alpha value is -4.01. The van der Waals surface area contributed by atoms with Gasteiger partial charge in [0, 0.05) is 24.0 Å². The van der Waals surface area contributed by atoms with E-state index in [-0.39, 0.29) is 6.03 Å². The number of aromatic nitrogens is 2. The number of benzene rings is 2. The predicted molar refractivity (Wildman–Crippen MR) is 124 cm³/mol. The van der Waals surface area contributed by atoms with Crippen LogP contribution >= 0.6 is 0 Å². The Balaban J connectivity index is 1.30. The number of urea groups is 1. The molecule has 2 aromatic carbocycles. The molecule has 0 atom stereocenters. The second kappa shape index (κ2) is 10.1. The first-order chi connectivity index (χ1) is 16.1. The fourth-order valence-electron chi connectivity index (χ4n) is 3.62. The van der Waals surface area contributed by atoms with E-state index in [4.69, 9.17) is 14.2 Å². The lowest BCUT2D eigenvalue weighted by atomic mass is 10.1. The molecule has 0 bridgehead atoms. The van der Waals surface area contributed by atoms with Gasteiger partial charge >= 0.3 is 6.03 Å². The van der Waals surface area contributed by atoms with Crippen LogP contribution in [0.15, 0.2) is 48.7 Å². The van der Waals surface area contributed by atoms with Gasteiger partial charge in [-0.05, 0) is 48.4 Å². The van der Waals surface area contributed by atoms with Gasteiger partial charge in [-0.2, -0.15) is 0 Å². The number of methoxy groups -OCH3 is 3. The van der Waals surface area contributed by atoms with Crippen LogP contribution in [-0.2, 0) is 19.5 Å². The molecule has 1 aromatic heterocycles. The number of anilines is 2. The summed E-state index contributed by atoms with van der Waals surface area (Å²) in [5, 5.41) is 6.16.